The first kappa shape index (κ1) is 29.8. The molecular formula is C50H27N3S2. The van der Waals surface area contributed by atoms with Crippen LogP contribution in [-0.4, -0.2) is 14.5 Å². The molecular weight excluding hydrogens is 707 g/mol. The Balaban J connectivity index is 1.22. The van der Waals surface area contributed by atoms with E-state index in [0.717, 1.165) is 37.9 Å². The van der Waals surface area contributed by atoms with E-state index in [9.17, 15) is 0 Å². The van der Waals surface area contributed by atoms with E-state index in [1.54, 1.807) is 11.3 Å². The molecule has 0 spiro atoms. The van der Waals surface area contributed by atoms with Crippen LogP contribution < -0.4 is 0 Å². The molecule has 0 unspecified atom stereocenters. The monoisotopic (exact) mass is 733 g/mol. The highest BCUT2D eigenvalue weighted by atomic mass is 32.1. The van der Waals surface area contributed by atoms with E-state index in [1.165, 1.54) is 78.7 Å². The molecule has 0 amide bonds. The van der Waals surface area contributed by atoms with Crippen LogP contribution >= 0.6 is 22.7 Å². The Kier molecular flexibility index (Phi) is 5.93. The number of hydrogen-bond donors (Lipinski definition) is 0. The third kappa shape index (κ3) is 4.03. The summed E-state index contributed by atoms with van der Waals surface area (Å²) in [4.78, 5) is 11.2. The summed E-state index contributed by atoms with van der Waals surface area (Å²) in [6.45, 7) is 0. The van der Waals surface area contributed by atoms with Crippen molar-refractivity contribution in [2.45, 2.75) is 0 Å². The molecule has 0 atom stereocenters. The van der Waals surface area contributed by atoms with E-state index in [-0.39, 0.29) is 0 Å². The van der Waals surface area contributed by atoms with Crippen molar-refractivity contribution in [3.05, 3.63) is 164 Å². The molecule has 0 bridgehead atoms. The second kappa shape index (κ2) is 11.0. The van der Waals surface area contributed by atoms with Crippen molar-refractivity contribution in [3.8, 4) is 17.2 Å². The Hall–Kier alpha value is -6.66. The highest BCUT2D eigenvalue weighted by Crippen LogP contribution is 2.46. The zero-order chi connectivity index (χ0) is 35.8. The number of benzene rings is 9. The van der Waals surface area contributed by atoms with Crippen LogP contribution in [0.3, 0.4) is 0 Å². The smallest absolute Gasteiger partial charge is 0.235 e. The predicted molar refractivity (Wildman–Crippen MR) is 238 cm³/mol. The van der Waals surface area contributed by atoms with Gasteiger partial charge in [-0.1, -0.05) is 133 Å². The summed E-state index contributed by atoms with van der Waals surface area (Å²) in [6.07, 6.45) is 0. The molecule has 5 heteroatoms. The summed E-state index contributed by atoms with van der Waals surface area (Å²) in [6, 6.07) is 59.9. The lowest BCUT2D eigenvalue weighted by molar-refractivity contribution is 1.02. The maximum absolute atomic E-state index is 5.65. The van der Waals surface area contributed by atoms with E-state index in [4.69, 9.17) is 9.97 Å². The zero-order valence-corrected chi connectivity index (χ0v) is 30.9. The average Bonchev–Trinajstić information content (AvgIpc) is 3.93. The van der Waals surface area contributed by atoms with Crippen LogP contribution in [-0.2, 0) is 0 Å². The highest BCUT2D eigenvalue weighted by molar-refractivity contribution is 7.26. The number of rotatable bonds is 2. The molecule has 0 saturated carbocycles. The van der Waals surface area contributed by atoms with Gasteiger partial charge in [0, 0.05) is 57.4 Å². The van der Waals surface area contributed by atoms with E-state index in [2.05, 4.69) is 168 Å². The van der Waals surface area contributed by atoms with Crippen molar-refractivity contribution in [2.24, 2.45) is 0 Å². The van der Waals surface area contributed by atoms with Crippen molar-refractivity contribution in [1.82, 2.24) is 14.5 Å². The Morgan fingerprint density at radius 3 is 1.80 bits per heavy atom. The fourth-order valence-electron chi connectivity index (χ4n) is 9.22. The lowest BCUT2D eigenvalue weighted by Gasteiger charge is -2.13. The van der Waals surface area contributed by atoms with Crippen LogP contribution in [0.5, 0.6) is 0 Å². The van der Waals surface area contributed by atoms with Gasteiger partial charge in [-0.15, -0.1) is 22.7 Å². The van der Waals surface area contributed by atoms with E-state index >= 15 is 0 Å². The number of fused-ring (bicyclic) bond motifs is 18. The van der Waals surface area contributed by atoms with Crippen LogP contribution in [0.1, 0.15) is 0 Å². The van der Waals surface area contributed by atoms with Gasteiger partial charge in [0.05, 0.1) is 26.9 Å². The van der Waals surface area contributed by atoms with Gasteiger partial charge in [0.2, 0.25) is 5.95 Å². The van der Waals surface area contributed by atoms with Crippen molar-refractivity contribution in [2.75, 3.05) is 0 Å². The van der Waals surface area contributed by atoms with Crippen LogP contribution in [0.25, 0.3) is 123 Å². The predicted octanol–water partition coefficient (Wildman–Crippen LogP) is 14.6. The first-order valence-electron chi connectivity index (χ1n) is 18.6. The minimum Gasteiger partial charge on any atom is -0.277 e. The van der Waals surface area contributed by atoms with E-state index in [1.807, 2.05) is 11.3 Å². The van der Waals surface area contributed by atoms with Gasteiger partial charge in [-0.2, -0.15) is 0 Å². The molecule has 0 aliphatic rings. The van der Waals surface area contributed by atoms with Crippen molar-refractivity contribution in [3.63, 3.8) is 0 Å². The van der Waals surface area contributed by atoms with Crippen LogP contribution in [0.2, 0.25) is 0 Å². The lowest BCUT2D eigenvalue weighted by atomic mass is 9.91. The highest BCUT2D eigenvalue weighted by Gasteiger charge is 2.24. The number of thiophene rings is 2. The molecule has 254 valence electrons. The minimum absolute atomic E-state index is 0.683. The number of aromatic nitrogens is 3. The van der Waals surface area contributed by atoms with E-state index < -0.39 is 0 Å². The van der Waals surface area contributed by atoms with Crippen molar-refractivity contribution >= 4 is 128 Å². The molecule has 0 fully saturated rings. The summed E-state index contributed by atoms with van der Waals surface area (Å²) in [5, 5.41) is 16.1. The topological polar surface area (TPSA) is 30.7 Å². The quantitative estimate of drug-likeness (QED) is 0.166. The third-order valence-corrected chi connectivity index (χ3v) is 13.9. The first-order chi connectivity index (χ1) is 27.3. The molecule has 13 rings (SSSR count). The number of nitrogens with zero attached hydrogens (tertiary/aromatic N) is 3. The third-order valence-electron chi connectivity index (χ3n) is 11.6. The molecule has 13 aromatic rings. The molecule has 3 nitrogen and oxygen atoms in total. The lowest BCUT2D eigenvalue weighted by Crippen LogP contribution is -2.03. The molecule has 4 aromatic heterocycles. The Bertz CT molecular complexity index is 3760. The Morgan fingerprint density at radius 1 is 0.400 bits per heavy atom. The molecule has 0 aliphatic heterocycles. The molecule has 4 heterocycles. The maximum Gasteiger partial charge on any atom is 0.235 e. The van der Waals surface area contributed by atoms with Gasteiger partial charge < -0.3 is 0 Å². The summed E-state index contributed by atoms with van der Waals surface area (Å²) >= 11 is 3.63. The fourth-order valence-corrected chi connectivity index (χ4v) is 11.5. The molecule has 9 aromatic carbocycles. The SMILES string of the molecule is c1ccc2c(c1)ccc1c3c4c5ccccc5c5ccccc5c4ccc3n(-c3nc(-c4ccc5sc6ccccc6c5c4)c4sc5ccccc5c4n3)c21. The average molecular weight is 734 g/mol. The van der Waals surface area contributed by atoms with Gasteiger partial charge in [-0.05, 0) is 62.6 Å². The van der Waals surface area contributed by atoms with Crippen molar-refractivity contribution in [1.29, 1.82) is 0 Å². The maximum atomic E-state index is 5.65. The van der Waals surface area contributed by atoms with Crippen LogP contribution in [0.4, 0.5) is 0 Å². The summed E-state index contributed by atoms with van der Waals surface area (Å²) in [7, 11) is 0. The second-order valence-electron chi connectivity index (χ2n) is 14.4. The first-order valence-corrected chi connectivity index (χ1v) is 20.2. The summed E-state index contributed by atoms with van der Waals surface area (Å²) in [5.74, 6) is 0.683. The standard InChI is InChI=1S/C50H27N3S2/c1-2-12-30-28(11-1)21-23-38-45-40(25-24-36-33-15-4-3-13-31(33)32-14-5-6-17-35(32)44(36)45)53(48(30)38)50-51-46(49-47(52-50)37-18-8-10-20-42(37)55-49)29-22-26-43-39(27-29)34-16-7-9-19-41(34)54-43/h1-27H. The minimum atomic E-state index is 0.683. The summed E-state index contributed by atoms with van der Waals surface area (Å²) < 4.78 is 7.26. The van der Waals surface area contributed by atoms with Gasteiger partial charge in [0.15, 0.2) is 0 Å². The van der Waals surface area contributed by atoms with Gasteiger partial charge in [0.1, 0.15) is 0 Å². The normalized spacial score (nSPS) is 12.4. The molecule has 0 saturated heterocycles. The molecule has 55 heavy (non-hydrogen) atoms. The van der Waals surface area contributed by atoms with Gasteiger partial charge in [-0.25, -0.2) is 9.97 Å². The number of hydrogen-bond acceptors (Lipinski definition) is 4. The molecule has 0 aliphatic carbocycles. The van der Waals surface area contributed by atoms with E-state index in [0.29, 0.717) is 5.95 Å². The van der Waals surface area contributed by atoms with Crippen molar-refractivity contribution < 1.29 is 0 Å². The molecule has 0 radical (unpaired) electrons. The van der Waals surface area contributed by atoms with Crippen LogP contribution in [0.15, 0.2) is 164 Å². The summed E-state index contributed by atoms with van der Waals surface area (Å²) in [5.41, 5.74) is 5.28. The second-order valence-corrected chi connectivity index (χ2v) is 16.6. The Labute approximate surface area is 322 Å². The largest absolute Gasteiger partial charge is 0.277 e. The zero-order valence-electron chi connectivity index (χ0n) is 29.2. The van der Waals surface area contributed by atoms with Gasteiger partial charge >= 0.3 is 0 Å². The Morgan fingerprint density at radius 2 is 1.00 bits per heavy atom. The van der Waals surface area contributed by atoms with Gasteiger partial charge in [0.25, 0.3) is 0 Å². The molecule has 0 N–H and O–H groups in total. The van der Waals surface area contributed by atoms with Crippen LogP contribution in [0, 0.1) is 0 Å². The van der Waals surface area contributed by atoms with Gasteiger partial charge in [-0.3, -0.25) is 4.57 Å². The fraction of sp³-hybridized carbons (Fsp3) is 0.